The van der Waals surface area contributed by atoms with Crippen molar-refractivity contribution in [2.45, 2.75) is 27.7 Å². The van der Waals surface area contributed by atoms with Crippen LogP contribution in [0.2, 0.25) is 0 Å². The molecule has 0 saturated heterocycles. The number of H-pyrrole nitrogens is 1. The molecule has 0 bridgehead atoms. The minimum atomic E-state index is 1.06. The van der Waals surface area contributed by atoms with Gasteiger partial charge in [0, 0.05) is 15.6 Å². The van der Waals surface area contributed by atoms with Crippen LogP contribution in [0, 0.1) is 27.7 Å². The Morgan fingerprint density at radius 1 is 0.818 bits per heavy atom. The van der Waals surface area contributed by atoms with Crippen molar-refractivity contribution in [1.82, 2.24) is 10.2 Å². The van der Waals surface area contributed by atoms with Crippen LogP contribution in [0.25, 0.3) is 31.6 Å². The molecule has 2 heterocycles. The zero-order valence-corrected chi connectivity index (χ0v) is 14.1. The van der Waals surface area contributed by atoms with Gasteiger partial charge in [-0.15, -0.1) is 11.3 Å². The van der Waals surface area contributed by atoms with Gasteiger partial charge in [-0.25, -0.2) is 0 Å². The largest absolute Gasteiger partial charge is 0.276 e. The second-order valence-electron chi connectivity index (χ2n) is 5.95. The molecule has 0 atom stereocenters. The molecule has 4 aromatic rings. The summed E-state index contributed by atoms with van der Waals surface area (Å²) in [6.07, 6.45) is 0. The van der Waals surface area contributed by atoms with Crippen molar-refractivity contribution in [1.29, 1.82) is 0 Å². The van der Waals surface area contributed by atoms with E-state index in [-0.39, 0.29) is 0 Å². The highest BCUT2D eigenvalue weighted by Gasteiger charge is 2.19. The number of fused-ring (bicyclic) bond motifs is 3. The Morgan fingerprint density at radius 3 is 2.23 bits per heavy atom. The summed E-state index contributed by atoms with van der Waals surface area (Å²) in [5.41, 5.74) is 8.97. The van der Waals surface area contributed by atoms with Gasteiger partial charge in [0.25, 0.3) is 0 Å². The SMILES string of the molecule is Cc1c(C)c(C)c2c(sc3c(-c4ccccc4)n[nH]c32)c1C. The van der Waals surface area contributed by atoms with Gasteiger partial charge < -0.3 is 0 Å². The highest BCUT2D eigenvalue weighted by atomic mass is 32.1. The minimum absolute atomic E-state index is 1.06. The van der Waals surface area contributed by atoms with E-state index in [9.17, 15) is 0 Å². The van der Waals surface area contributed by atoms with Crippen molar-refractivity contribution in [3.63, 3.8) is 0 Å². The van der Waals surface area contributed by atoms with Gasteiger partial charge in [0.05, 0.1) is 10.2 Å². The number of nitrogens with one attached hydrogen (secondary N) is 1. The highest BCUT2D eigenvalue weighted by molar-refractivity contribution is 7.26. The second kappa shape index (κ2) is 4.68. The third-order valence-corrected chi connectivity index (χ3v) is 6.17. The number of hydrogen-bond donors (Lipinski definition) is 1. The van der Waals surface area contributed by atoms with E-state index in [4.69, 9.17) is 0 Å². The van der Waals surface area contributed by atoms with Gasteiger partial charge in [0.1, 0.15) is 5.69 Å². The lowest BCUT2D eigenvalue weighted by Crippen LogP contribution is -1.91. The van der Waals surface area contributed by atoms with Crippen molar-refractivity contribution in [3.05, 3.63) is 52.6 Å². The normalized spacial score (nSPS) is 11.6. The first kappa shape index (κ1) is 13.5. The first-order valence-electron chi connectivity index (χ1n) is 7.52. The molecule has 0 radical (unpaired) electrons. The average molecular weight is 306 g/mol. The van der Waals surface area contributed by atoms with Crippen molar-refractivity contribution in [2.75, 3.05) is 0 Å². The smallest absolute Gasteiger partial charge is 0.110 e. The fourth-order valence-electron chi connectivity index (χ4n) is 3.20. The first-order valence-corrected chi connectivity index (χ1v) is 8.33. The van der Waals surface area contributed by atoms with Crippen LogP contribution in [0.1, 0.15) is 22.3 Å². The van der Waals surface area contributed by atoms with Gasteiger partial charge in [-0.1, -0.05) is 30.3 Å². The molecule has 3 heteroatoms. The van der Waals surface area contributed by atoms with E-state index in [0.29, 0.717) is 0 Å². The molecular formula is C19H18N2S. The molecule has 2 aromatic carbocycles. The zero-order chi connectivity index (χ0) is 15.4. The van der Waals surface area contributed by atoms with Gasteiger partial charge in [-0.3, -0.25) is 5.10 Å². The van der Waals surface area contributed by atoms with Crippen molar-refractivity contribution < 1.29 is 0 Å². The number of hydrogen-bond acceptors (Lipinski definition) is 2. The molecule has 4 rings (SSSR count). The van der Waals surface area contributed by atoms with E-state index >= 15 is 0 Å². The van der Waals surface area contributed by atoms with Crippen molar-refractivity contribution in [3.8, 4) is 11.3 Å². The van der Waals surface area contributed by atoms with Gasteiger partial charge in [-0.05, 0) is 49.9 Å². The van der Waals surface area contributed by atoms with Crippen LogP contribution in [0.5, 0.6) is 0 Å². The van der Waals surface area contributed by atoms with Gasteiger partial charge in [0.15, 0.2) is 0 Å². The minimum Gasteiger partial charge on any atom is -0.276 e. The van der Waals surface area contributed by atoms with Crippen LogP contribution >= 0.6 is 11.3 Å². The number of nitrogens with zero attached hydrogens (tertiary/aromatic N) is 1. The van der Waals surface area contributed by atoms with E-state index in [1.807, 2.05) is 17.4 Å². The molecule has 2 nitrogen and oxygen atoms in total. The Kier molecular flexibility index (Phi) is 2.88. The maximum Gasteiger partial charge on any atom is 0.110 e. The van der Waals surface area contributed by atoms with Crippen LogP contribution in [0.15, 0.2) is 30.3 Å². The predicted molar refractivity (Wildman–Crippen MR) is 95.9 cm³/mol. The van der Waals surface area contributed by atoms with E-state index in [1.165, 1.54) is 48.1 Å². The Balaban J connectivity index is 2.14. The Hall–Kier alpha value is -2.13. The Bertz CT molecular complexity index is 1010. The summed E-state index contributed by atoms with van der Waals surface area (Å²) in [4.78, 5) is 0. The van der Waals surface area contributed by atoms with Crippen LogP contribution in [0.4, 0.5) is 0 Å². The molecule has 0 fully saturated rings. The second-order valence-corrected chi connectivity index (χ2v) is 6.97. The topological polar surface area (TPSA) is 28.7 Å². The summed E-state index contributed by atoms with van der Waals surface area (Å²) < 4.78 is 2.65. The molecule has 0 aliphatic carbocycles. The molecule has 0 aliphatic heterocycles. The molecule has 0 spiro atoms. The predicted octanol–water partition coefficient (Wildman–Crippen LogP) is 5.68. The Labute approximate surface area is 133 Å². The third kappa shape index (κ3) is 1.69. The molecule has 0 amide bonds. The van der Waals surface area contributed by atoms with Crippen molar-refractivity contribution in [2.24, 2.45) is 0 Å². The van der Waals surface area contributed by atoms with Crippen LogP contribution < -0.4 is 0 Å². The first-order chi connectivity index (χ1) is 10.6. The van der Waals surface area contributed by atoms with Crippen LogP contribution in [0.3, 0.4) is 0 Å². The molecular weight excluding hydrogens is 288 g/mol. The van der Waals surface area contributed by atoms with E-state index in [2.05, 4.69) is 62.2 Å². The fourth-order valence-corrected chi connectivity index (χ4v) is 4.58. The molecule has 0 unspecified atom stereocenters. The number of rotatable bonds is 1. The highest BCUT2D eigenvalue weighted by Crippen LogP contribution is 2.43. The third-order valence-electron chi connectivity index (χ3n) is 4.85. The average Bonchev–Trinajstić information content (AvgIpc) is 3.10. The molecule has 110 valence electrons. The van der Waals surface area contributed by atoms with Crippen LogP contribution in [-0.2, 0) is 0 Å². The van der Waals surface area contributed by atoms with Gasteiger partial charge in [-0.2, -0.15) is 5.10 Å². The van der Waals surface area contributed by atoms with Crippen molar-refractivity contribution >= 4 is 31.6 Å². The fraction of sp³-hybridized carbons (Fsp3) is 0.211. The number of thiophene rings is 1. The molecule has 0 saturated carbocycles. The van der Waals surface area contributed by atoms with Crippen LogP contribution in [-0.4, -0.2) is 10.2 Å². The summed E-state index contributed by atoms with van der Waals surface area (Å²) in [6.45, 7) is 8.89. The summed E-state index contributed by atoms with van der Waals surface area (Å²) in [5, 5.41) is 9.21. The number of aromatic amines is 1. The monoisotopic (exact) mass is 306 g/mol. The zero-order valence-electron chi connectivity index (χ0n) is 13.2. The maximum atomic E-state index is 4.58. The molecule has 0 aliphatic rings. The standard InChI is InChI=1S/C19H18N2S/c1-10-11(2)13(4)18-15(12(10)3)17-19(22-18)16(20-21-17)14-8-6-5-7-9-14/h5-9H,1-4H3,(H,20,21). The van der Waals surface area contributed by atoms with Gasteiger partial charge >= 0.3 is 0 Å². The van der Waals surface area contributed by atoms with E-state index in [0.717, 1.165) is 5.69 Å². The van der Waals surface area contributed by atoms with E-state index in [1.54, 1.807) is 0 Å². The number of aromatic nitrogens is 2. The van der Waals surface area contributed by atoms with E-state index < -0.39 is 0 Å². The quantitative estimate of drug-likeness (QED) is 0.481. The summed E-state index contributed by atoms with van der Waals surface area (Å²) in [7, 11) is 0. The molecule has 22 heavy (non-hydrogen) atoms. The number of benzene rings is 2. The lowest BCUT2D eigenvalue weighted by atomic mass is 9.96. The lowest BCUT2D eigenvalue weighted by Gasteiger charge is -2.10. The summed E-state index contributed by atoms with van der Waals surface area (Å²) >= 11 is 1.86. The molecule has 2 aromatic heterocycles. The number of aryl methyl sites for hydroxylation is 2. The lowest BCUT2D eigenvalue weighted by molar-refractivity contribution is 1.12. The Morgan fingerprint density at radius 2 is 1.50 bits per heavy atom. The van der Waals surface area contributed by atoms with Gasteiger partial charge in [0.2, 0.25) is 0 Å². The maximum absolute atomic E-state index is 4.58. The summed E-state index contributed by atoms with van der Waals surface area (Å²) in [6, 6.07) is 10.4. The molecule has 1 N–H and O–H groups in total. The summed E-state index contributed by atoms with van der Waals surface area (Å²) in [5.74, 6) is 0.